The van der Waals surface area contributed by atoms with E-state index in [4.69, 9.17) is 10.5 Å². The third kappa shape index (κ3) is 3.51. The maximum Gasteiger partial charge on any atom is 0.305 e. The van der Waals surface area contributed by atoms with E-state index in [1.54, 1.807) is 12.1 Å². The molecule has 0 fully saturated rings. The minimum atomic E-state index is -0.949. The molecule has 1 aromatic heterocycles. The molecule has 0 spiro atoms. The molecule has 110 valence electrons. The molecule has 6 nitrogen and oxygen atoms in total. The van der Waals surface area contributed by atoms with Gasteiger partial charge in [-0.2, -0.15) is 4.39 Å². The van der Waals surface area contributed by atoms with Crippen molar-refractivity contribution < 1.29 is 14.1 Å². The third-order valence-corrected chi connectivity index (χ3v) is 2.93. The van der Waals surface area contributed by atoms with Gasteiger partial charge in [0.1, 0.15) is 11.5 Å². The van der Waals surface area contributed by atoms with Gasteiger partial charge in [0.15, 0.2) is 0 Å². The zero-order valence-corrected chi connectivity index (χ0v) is 11.3. The Balaban J connectivity index is 2.15. The van der Waals surface area contributed by atoms with Crippen LogP contribution in [0, 0.1) is 15.9 Å². The van der Waals surface area contributed by atoms with Gasteiger partial charge >= 0.3 is 5.69 Å². The lowest BCUT2D eigenvalue weighted by atomic mass is 10.1. The van der Waals surface area contributed by atoms with Gasteiger partial charge in [-0.15, -0.1) is 0 Å². The van der Waals surface area contributed by atoms with Crippen molar-refractivity contribution in [2.45, 2.75) is 19.4 Å². The van der Waals surface area contributed by atoms with Crippen LogP contribution in [0.15, 0.2) is 36.5 Å². The molecule has 21 heavy (non-hydrogen) atoms. The second kappa shape index (κ2) is 6.27. The van der Waals surface area contributed by atoms with Crippen LogP contribution in [0.1, 0.15) is 25.1 Å². The second-order valence-electron chi connectivity index (χ2n) is 4.41. The highest BCUT2D eigenvalue weighted by Crippen LogP contribution is 2.26. The average molecular weight is 291 g/mol. The SMILES string of the molecule is CCC(N)c1ccc(Oc2ccc([N+](=O)[O-])c(F)c2)cn1. The van der Waals surface area contributed by atoms with Crippen molar-refractivity contribution in [3.05, 3.63) is 58.2 Å². The van der Waals surface area contributed by atoms with E-state index in [1.165, 1.54) is 12.3 Å². The molecular weight excluding hydrogens is 277 g/mol. The molecule has 2 N–H and O–H groups in total. The van der Waals surface area contributed by atoms with E-state index >= 15 is 0 Å². The summed E-state index contributed by atoms with van der Waals surface area (Å²) in [6.07, 6.45) is 2.24. The Kier molecular flexibility index (Phi) is 4.44. The number of hydrogen-bond acceptors (Lipinski definition) is 5. The predicted molar refractivity (Wildman–Crippen MR) is 74.6 cm³/mol. The van der Waals surface area contributed by atoms with Crippen molar-refractivity contribution >= 4 is 5.69 Å². The molecule has 1 atom stereocenters. The highest BCUT2D eigenvalue weighted by Gasteiger charge is 2.14. The number of benzene rings is 1. The first-order valence-electron chi connectivity index (χ1n) is 6.34. The number of nitrogens with two attached hydrogens (primary N) is 1. The standard InChI is InChI=1S/C14H14FN3O3/c1-2-12(16)13-5-3-10(8-17-13)21-9-4-6-14(18(19)20)11(15)7-9/h3-8,12H,2,16H2,1H3. The number of ether oxygens (including phenoxy) is 1. The first-order valence-corrected chi connectivity index (χ1v) is 6.34. The fourth-order valence-corrected chi connectivity index (χ4v) is 1.72. The van der Waals surface area contributed by atoms with E-state index in [-0.39, 0.29) is 11.8 Å². The van der Waals surface area contributed by atoms with E-state index in [0.29, 0.717) is 5.75 Å². The number of nitro benzene ring substituents is 1. The summed E-state index contributed by atoms with van der Waals surface area (Å²) in [6, 6.07) is 6.59. The van der Waals surface area contributed by atoms with Crippen LogP contribution in [0.5, 0.6) is 11.5 Å². The highest BCUT2D eigenvalue weighted by atomic mass is 19.1. The molecule has 0 aliphatic heterocycles. The zero-order valence-electron chi connectivity index (χ0n) is 11.3. The van der Waals surface area contributed by atoms with Crippen LogP contribution in [0.4, 0.5) is 10.1 Å². The van der Waals surface area contributed by atoms with Crippen molar-refractivity contribution in [3.8, 4) is 11.5 Å². The Morgan fingerprint density at radius 3 is 2.62 bits per heavy atom. The Bertz CT molecular complexity index is 646. The average Bonchev–Trinajstić information content (AvgIpc) is 2.47. The van der Waals surface area contributed by atoms with Gasteiger partial charge in [0, 0.05) is 18.2 Å². The summed E-state index contributed by atoms with van der Waals surface area (Å²) in [5.74, 6) is -0.391. The number of nitro groups is 1. The molecule has 0 saturated carbocycles. The fourth-order valence-electron chi connectivity index (χ4n) is 1.72. The second-order valence-corrected chi connectivity index (χ2v) is 4.41. The monoisotopic (exact) mass is 291 g/mol. The zero-order chi connectivity index (χ0) is 15.4. The maximum atomic E-state index is 13.5. The molecule has 2 rings (SSSR count). The first-order chi connectivity index (χ1) is 10.0. The van der Waals surface area contributed by atoms with Crippen molar-refractivity contribution in [2.75, 3.05) is 0 Å². The summed E-state index contributed by atoms with van der Waals surface area (Å²) in [7, 11) is 0. The molecule has 0 aliphatic carbocycles. The minimum absolute atomic E-state index is 0.143. The fraction of sp³-hybridized carbons (Fsp3) is 0.214. The van der Waals surface area contributed by atoms with Gasteiger partial charge in [-0.3, -0.25) is 15.1 Å². The Hall–Kier alpha value is -2.54. The Labute approximate surface area is 120 Å². The summed E-state index contributed by atoms with van der Waals surface area (Å²) in [5, 5.41) is 10.5. The van der Waals surface area contributed by atoms with Gasteiger partial charge < -0.3 is 10.5 Å². The van der Waals surface area contributed by atoms with Crippen LogP contribution in [-0.4, -0.2) is 9.91 Å². The van der Waals surface area contributed by atoms with Crippen molar-refractivity contribution in [3.63, 3.8) is 0 Å². The number of aromatic nitrogens is 1. The van der Waals surface area contributed by atoms with E-state index in [2.05, 4.69) is 4.98 Å². The third-order valence-electron chi connectivity index (χ3n) is 2.93. The van der Waals surface area contributed by atoms with Gasteiger partial charge in [-0.25, -0.2) is 0 Å². The summed E-state index contributed by atoms with van der Waals surface area (Å²) in [6.45, 7) is 1.95. The normalized spacial score (nSPS) is 12.0. The van der Waals surface area contributed by atoms with Crippen LogP contribution in [0.3, 0.4) is 0 Å². The number of hydrogen-bond donors (Lipinski definition) is 1. The molecular formula is C14H14FN3O3. The molecule has 7 heteroatoms. The quantitative estimate of drug-likeness (QED) is 0.674. The van der Waals surface area contributed by atoms with Gasteiger partial charge in [0.05, 0.1) is 16.8 Å². The van der Waals surface area contributed by atoms with Crippen LogP contribution in [0.2, 0.25) is 0 Å². The van der Waals surface area contributed by atoms with E-state index in [9.17, 15) is 14.5 Å². The molecule has 1 unspecified atom stereocenters. The number of pyridine rings is 1. The van der Waals surface area contributed by atoms with Crippen LogP contribution >= 0.6 is 0 Å². The summed E-state index contributed by atoms with van der Waals surface area (Å²) in [4.78, 5) is 13.9. The summed E-state index contributed by atoms with van der Waals surface area (Å²) >= 11 is 0. The molecule has 0 radical (unpaired) electrons. The largest absolute Gasteiger partial charge is 0.456 e. The number of rotatable bonds is 5. The smallest absolute Gasteiger partial charge is 0.305 e. The first kappa shape index (κ1) is 14.9. The lowest BCUT2D eigenvalue weighted by Crippen LogP contribution is -2.10. The van der Waals surface area contributed by atoms with Crippen molar-refractivity contribution in [1.82, 2.24) is 4.98 Å². The number of halogens is 1. The van der Waals surface area contributed by atoms with Gasteiger partial charge in [0.25, 0.3) is 0 Å². The van der Waals surface area contributed by atoms with E-state index in [0.717, 1.165) is 24.2 Å². The molecule has 1 heterocycles. The topological polar surface area (TPSA) is 91.3 Å². The Morgan fingerprint density at radius 2 is 2.10 bits per heavy atom. The van der Waals surface area contributed by atoms with E-state index in [1.807, 2.05) is 6.92 Å². The Morgan fingerprint density at radius 1 is 1.38 bits per heavy atom. The highest BCUT2D eigenvalue weighted by molar-refractivity contribution is 5.39. The van der Waals surface area contributed by atoms with Crippen molar-refractivity contribution in [2.24, 2.45) is 5.73 Å². The van der Waals surface area contributed by atoms with Gasteiger partial charge in [-0.1, -0.05) is 6.92 Å². The van der Waals surface area contributed by atoms with Gasteiger partial charge in [-0.05, 0) is 24.6 Å². The van der Waals surface area contributed by atoms with Crippen LogP contribution < -0.4 is 10.5 Å². The maximum absolute atomic E-state index is 13.5. The van der Waals surface area contributed by atoms with Crippen LogP contribution in [-0.2, 0) is 0 Å². The van der Waals surface area contributed by atoms with E-state index < -0.39 is 16.4 Å². The summed E-state index contributed by atoms with van der Waals surface area (Å²) in [5.41, 5.74) is 5.99. The van der Waals surface area contributed by atoms with Crippen LogP contribution in [0.25, 0.3) is 0 Å². The number of nitrogens with zero attached hydrogens (tertiary/aromatic N) is 2. The molecule has 0 aliphatic rings. The minimum Gasteiger partial charge on any atom is -0.456 e. The van der Waals surface area contributed by atoms with Gasteiger partial charge in [0.2, 0.25) is 5.82 Å². The van der Waals surface area contributed by atoms with Crippen molar-refractivity contribution in [1.29, 1.82) is 0 Å². The molecule has 1 aromatic carbocycles. The molecule has 2 aromatic rings. The lowest BCUT2D eigenvalue weighted by molar-refractivity contribution is -0.387. The lowest BCUT2D eigenvalue weighted by Gasteiger charge is -2.09. The molecule has 0 saturated heterocycles. The molecule has 0 bridgehead atoms. The summed E-state index contributed by atoms with van der Waals surface area (Å²) < 4.78 is 18.9. The predicted octanol–water partition coefficient (Wildman–Crippen LogP) is 3.33. The molecule has 0 amide bonds.